The highest BCUT2D eigenvalue weighted by Crippen LogP contribution is 2.27. The van der Waals surface area contributed by atoms with Crippen LogP contribution >= 0.6 is 0 Å². The Kier molecular flexibility index (Phi) is 3.94. The van der Waals surface area contributed by atoms with Gasteiger partial charge in [0, 0.05) is 13.1 Å². The molecule has 1 amide bonds. The predicted molar refractivity (Wildman–Crippen MR) is 76.1 cm³/mol. The molecule has 2 aliphatic rings. The molecule has 2 fully saturated rings. The molecular weight excluding hydrogens is 277 g/mol. The van der Waals surface area contributed by atoms with E-state index in [0.29, 0.717) is 44.2 Å². The maximum Gasteiger partial charge on any atom is 0.416 e. The summed E-state index contributed by atoms with van der Waals surface area (Å²) in [5, 5.41) is 2.87. The van der Waals surface area contributed by atoms with Crippen molar-refractivity contribution in [3.05, 3.63) is 24.0 Å². The molecule has 0 aliphatic carbocycles. The van der Waals surface area contributed by atoms with Crippen LogP contribution in [0.5, 0.6) is 0 Å². The van der Waals surface area contributed by atoms with Gasteiger partial charge in [0.1, 0.15) is 5.82 Å². The molecule has 7 heteroatoms. The monoisotopic (exact) mass is 295 g/mol. The molecule has 1 aromatic rings. The summed E-state index contributed by atoms with van der Waals surface area (Å²) < 4.78 is 24.7. The van der Waals surface area contributed by atoms with E-state index in [-0.39, 0.29) is 12.0 Å². The summed E-state index contributed by atoms with van der Waals surface area (Å²) >= 11 is 0. The highest BCUT2D eigenvalue weighted by atomic mass is 19.1. The second kappa shape index (κ2) is 5.87. The third-order valence-electron chi connectivity index (χ3n) is 3.73. The topological polar surface area (TPSA) is 54.0 Å². The van der Waals surface area contributed by atoms with Crippen LogP contribution in [0.1, 0.15) is 0 Å². The number of hydrogen-bond acceptors (Lipinski definition) is 5. The van der Waals surface area contributed by atoms with E-state index < -0.39 is 6.09 Å². The minimum absolute atomic E-state index is 0.338. The van der Waals surface area contributed by atoms with Crippen LogP contribution in [0.25, 0.3) is 0 Å². The van der Waals surface area contributed by atoms with E-state index in [1.807, 2.05) is 4.90 Å². The van der Waals surface area contributed by atoms with Crippen LogP contribution in [0.2, 0.25) is 0 Å². The minimum Gasteiger partial charge on any atom is -0.428 e. The van der Waals surface area contributed by atoms with Crippen molar-refractivity contribution in [2.24, 2.45) is 0 Å². The van der Waals surface area contributed by atoms with Gasteiger partial charge in [0.2, 0.25) is 0 Å². The molecule has 21 heavy (non-hydrogen) atoms. The van der Waals surface area contributed by atoms with Gasteiger partial charge in [0.05, 0.1) is 31.1 Å². The summed E-state index contributed by atoms with van der Waals surface area (Å²) in [7, 11) is 1.71. The zero-order valence-corrected chi connectivity index (χ0v) is 11.8. The van der Waals surface area contributed by atoms with Crippen molar-refractivity contribution >= 4 is 17.5 Å². The number of amides is 1. The Labute approximate surface area is 122 Å². The van der Waals surface area contributed by atoms with E-state index in [9.17, 15) is 9.18 Å². The van der Waals surface area contributed by atoms with Gasteiger partial charge in [-0.3, -0.25) is 10.2 Å². The second-order valence-corrected chi connectivity index (χ2v) is 5.01. The molecule has 0 saturated carbocycles. The lowest BCUT2D eigenvalue weighted by Crippen LogP contribution is -2.36. The molecule has 114 valence electrons. The number of morpholine rings is 1. The van der Waals surface area contributed by atoms with Crippen LogP contribution in [-0.4, -0.2) is 52.2 Å². The Hall–Kier alpha value is -1.86. The van der Waals surface area contributed by atoms with Crippen LogP contribution < -0.4 is 15.1 Å². The summed E-state index contributed by atoms with van der Waals surface area (Å²) in [5.74, 6) is -0.338. The van der Waals surface area contributed by atoms with Crippen LogP contribution in [0.3, 0.4) is 0 Å². The molecule has 0 unspecified atom stereocenters. The number of cyclic esters (lactones) is 1. The zero-order valence-electron chi connectivity index (χ0n) is 11.8. The molecule has 2 heterocycles. The predicted octanol–water partition coefficient (Wildman–Crippen LogP) is 1.16. The van der Waals surface area contributed by atoms with Crippen LogP contribution in [0.15, 0.2) is 18.2 Å². The first-order valence-electron chi connectivity index (χ1n) is 6.96. The van der Waals surface area contributed by atoms with Gasteiger partial charge in [0.25, 0.3) is 0 Å². The Morgan fingerprint density at radius 1 is 1.33 bits per heavy atom. The van der Waals surface area contributed by atoms with Crippen molar-refractivity contribution in [3.8, 4) is 0 Å². The SMILES string of the molecule is CN[C@@H]1CN(c2ccc(N3CCOCC3)c(F)c2)C(=O)O1. The number of benzene rings is 1. The smallest absolute Gasteiger partial charge is 0.416 e. The minimum atomic E-state index is -0.465. The van der Waals surface area contributed by atoms with E-state index in [1.54, 1.807) is 19.2 Å². The van der Waals surface area contributed by atoms with E-state index in [4.69, 9.17) is 9.47 Å². The van der Waals surface area contributed by atoms with Gasteiger partial charge in [0.15, 0.2) is 6.23 Å². The fraction of sp³-hybridized carbons (Fsp3) is 0.500. The molecule has 6 nitrogen and oxygen atoms in total. The number of rotatable bonds is 3. The molecule has 1 N–H and O–H groups in total. The summed E-state index contributed by atoms with van der Waals surface area (Å²) in [6.07, 6.45) is -0.827. The van der Waals surface area contributed by atoms with Gasteiger partial charge >= 0.3 is 6.09 Å². The van der Waals surface area contributed by atoms with Crippen molar-refractivity contribution < 1.29 is 18.7 Å². The van der Waals surface area contributed by atoms with Gasteiger partial charge in [-0.2, -0.15) is 0 Å². The molecule has 1 atom stereocenters. The third-order valence-corrected chi connectivity index (χ3v) is 3.73. The molecule has 0 aromatic heterocycles. The number of halogens is 1. The van der Waals surface area contributed by atoms with E-state index in [1.165, 1.54) is 11.0 Å². The van der Waals surface area contributed by atoms with Crippen molar-refractivity contribution in [2.75, 3.05) is 49.7 Å². The fourth-order valence-electron chi connectivity index (χ4n) is 2.55. The first kappa shape index (κ1) is 14.1. The Morgan fingerprint density at radius 3 is 2.71 bits per heavy atom. The summed E-state index contributed by atoms with van der Waals surface area (Å²) in [6.45, 7) is 2.91. The van der Waals surface area contributed by atoms with Crippen molar-refractivity contribution in [1.82, 2.24) is 5.32 Å². The van der Waals surface area contributed by atoms with Gasteiger partial charge in [-0.05, 0) is 25.2 Å². The Balaban J connectivity index is 1.79. The number of anilines is 2. The van der Waals surface area contributed by atoms with Gasteiger partial charge in [-0.25, -0.2) is 9.18 Å². The Bertz CT molecular complexity index is 534. The first-order valence-corrected chi connectivity index (χ1v) is 6.96. The quantitative estimate of drug-likeness (QED) is 0.907. The molecule has 0 spiro atoms. The lowest BCUT2D eigenvalue weighted by atomic mass is 10.2. The standard InChI is InChI=1S/C14H18FN3O3/c1-16-13-9-18(14(19)21-13)10-2-3-12(11(15)8-10)17-4-6-20-7-5-17/h2-3,8,13,16H,4-7,9H2,1H3/t13-/m0/s1. The molecule has 3 rings (SSSR count). The van der Waals surface area contributed by atoms with E-state index >= 15 is 0 Å². The van der Waals surface area contributed by atoms with Crippen molar-refractivity contribution in [3.63, 3.8) is 0 Å². The normalized spacial score (nSPS) is 22.6. The average Bonchev–Trinajstić information content (AvgIpc) is 2.89. The van der Waals surface area contributed by atoms with Crippen LogP contribution in [-0.2, 0) is 9.47 Å². The number of carbonyl (C=O) groups is 1. The molecule has 2 saturated heterocycles. The first-order chi connectivity index (χ1) is 10.2. The van der Waals surface area contributed by atoms with Crippen molar-refractivity contribution in [1.29, 1.82) is 0 Å². The molecule has 2 aliphatic heterocycles. The number of nitrogens with one attached hydrogen (secondary N) is 1. The van der Waals surface area contributed by atoms with Gasteiger partial charge in [-0.1, -0.05) is 0 Å². The van der Waals surface area contributed by atoms with Crippen molar-refractivity contribution in [2.45, 2.75) is 6.23 Å². The number of likely N-dealkylation sites (N-methyl/N-ethyl adjacent to an activating group) is 1. The van der Waals surface area contributed by atoms with Gasteiger partial charge < -0.3 is 14.4 Å². The number of carbonyl (C=O) groups excluding carboxylic acids is 1. The van der Waals surface area contributed by atoms with Crippen LogP contribution in [0, 0.1) is 5.82 Å². The highest BCUT2D eigenvalue weighted by Gasteiger charge is 2.31. The molecule has 0 radical (unpaired) electrons. The third kappa shape index (κ3) is 2.79. The van der Waals surface area contributed by atoms with E-state index in [0.717, 1.165) is 0 Å². The average molecular weight is 295 g/mol. The molecular formula is C14H18FN3O3. The number of hydrogen-bond donors (Lipinski definition) is 1. The molecule has 1 aromatic carbocycles. The van der Waals surface area contributed by atoms with Gasteiger partial charge in [-0.15, -0.1) is 0 Å². The zero-order chi connectivity index (χ0) is 14.8. The van der Waals surface area contributed by atoms with Crippen LogP contribution in [0.4, 0.5) is 20.6 Å². The molecule has 0 bridgehead atoms. The number of ether oxygens (including phenoxy) is 2. The number of nitrogens with zero attached hydrogens (tertiary/aromatic N) is 2. The fourth-order valence-corrected chi connectivity index (χ4v) is 2.55. The lowest BCUT2D eigenvalue weighted by Gasteiger charge is -2.29. The van der Waals surface area contributed by atoms with E-state index in [2.05, 4.69) is 5.32 Å². The summed E-state index contributed by atoms with van der Waals surface area (Å²) in [6, 6.07) is 4.83. The maximum absolute atomic E-state index is 14.3. The summed E-state index contributed by atoms with van der Waals surface area (Å²) in [5.41, 5.74) is 1.05. The lowest BCUT2D eigenvalue weighted by molar-refractivity contribution is 0.122. The summed E-state index contributed by atoms with van der Waals surface area (Å²) in [4.78, 5) is 15.1. The largest absolute Gasteiger partial charge is 0.428 e. The highest BCUT2D eigenvalue weighted by molar-refractivity contribution is 5.90. The Morgan fingerprint density at radius 2 is 2.10 bits per heavy atom. The maximum atomic E-state index is 14.3. The second-order valence-electron chi connectivity index (χ2n) is 5.01.